The first-order valence-corrected chi connectivity index (χ1v) is 7.77. The van der Waals surface area contributed by atoms with Crippen LogP contribution in [0.3, 0.4) is 0 Å². The molecule has 126 valence electrons. The lowest BCUT2D eigenvalue weighted by Crippen LogP contribution is -2.26. The van der Waals surface area contributed by atoms with Crippen molar-refractivity contribution in [3.8, 4) is 5.75 Å². The number of halogens is 1. The number of ether oxygens (including phenoxy) is 1. The lowest BCUT2D eigenvalue weighted by atomic mass is 10.1. The van der Waals surface area contributed by atoms with E-state index in [0.29, 0.717) is 24.6 Å². The van der Waals surface area contributed by atoms with Crippen LogP contribution in [0.1, 0.15) is 22.3 Å². The molecule has 0 spiro atoms. The van der Waals surface area contributed by atoms with E-state index < -0.39 is 10.8 Å². The lowest BCUT2D eigenvalue weighted by molar-refractivity contribution is -0.385. The maximum Gasteiger partial charge on any atom is 0.282 e. The first-order valence-electron chi connectivity index (χ1n) is 7.39. The summed E-state index contributed by atoms with van der Waals surface area (Å²) in [5.41, 5.74) is 0.784. The first-order chi connectivity index (χ1) is 11.5. The van der Waals surface area contributed by atoms with Gasteiger partial charge in [0.25, 0.3) is 11.6 Å². The fourth-order valence-corrected chi connectivity index (χ4v) is 2.38. The van der Waals surface area contributed by atoms with Crippen molar-refractivity contribution < 1.29 is 14.5 Å². The Kier molecular flexibility index (Phi) is 6.14. The average Bonchev–Trinajstić information content (AvgIpc) is 2.56. The van der Waals surface area contributed by atoms with Gasteiger partial charge in [-0.3, -0.25) is 14.9 Å². The minimum atomic E-state index is -0.568. The highest BCUT2D eigenvalue weighted by molar-refractivity contribution is 6.30. The molecule has 6 nitrogen and oxygen atoms in total. The molecule has 0 bridgehead atoms. The number of nitrogens with zero attached hydrogens (tertiary/aromatic N) is 1. The Balaban J connectivity index is 1.80. The highest BCUT2D eigenvalue weighted by atomic mass is 35.5. The molecule has 24 heavy (non-hydrogen) atoms. The second-order valence-electron chi connectivity index (χ2n) is 5.14. The largest absolute Gasteiger partial charge is 0.493 e. The van der Waals surface area contributed by atoms with Crippen LogP contribution in [0.5, 0.6) is 5.75 Å². The smallest absolute Gasteiger partial charge is 0.282 e. The zero-order valence-electron chi connectivity index (χ0n) is 13.1. The number of nitro benzene ring substituents is 1. The molecule has 2 aromatic rings. The minimum Gasteiger partial charge on any atom is -0.493 e. The van der Waals surface area contributed by atoms with Gasteiger partial charge in [0, 0.05) is 17.6 Å². The SMILES string of the molecule is Cc1cc(Cl)ccc1OCCCNC(=O)c1ccccc1[N+](=O)[O-]. The Labute approximate surface area is 144 Å². The third-order valence-corrected chi connectivity index (χ3v) is 3.58. The van der Waals surface area contributed by atoms with Crippen LogP contribution in [-0.4, -0.2) is 24.0 Å². The van der Waals surface area contributed by atoms with E-state index >= 15 is 0 Å². The number of para-hydroxylation sites is 1. The lowest BCUT2D eigenvalue weighted by Gasteiger charge is -2.10. The predicted octanol–water partition coefficient (Wildman–Crippen LogP) is 3.76. The summed E-state index contributed by atoms with van der Waals surface area (Å²) in [5.74, 6) is 0.273. The summed E-state index contributed by atoms with van der Waals surface area (Å²) in [6.07, 6.45) is 0.578. The zero-order valence-corrected chi connectivity index (χ0v) is 13.9. The van der Waals surface area contributed by atoms with Crippen molar-refractivity contribution in [2.75, 3.05) is 13.2 Å². The van der Waals surface area contributed by atoms with Gasteiger partial charge in [-0.25, -0.2) is 0 Å². The maximum atomic E-state index is 12.0. The molecule has 0 saturated heterocycles. The molecular formula is C17H17ClN2O4. The van der Waals surface area contributed by atoms with Crippen molar-refractivity contribution in [2.45, 2.75) is 13.3 Å². The van der Waals surface area contributed by atoms with Gasteiger partial charge in [0.05, 0.1) is 11.5 Å². The van der Waals surface area contributed by atoms with Crippen LogP contribution in [0.4, 0.5) is 5.69 Å². The molecule has 0 heterocycles. The number of nitrogens with one attached hydrogen (secondary N) is 1. The van der Waals surface area contributed by atoms with Gasteiger partial charge in [-0.1, -0.05) is 23.7 Å². The van der Waals surface area contributed by atoms with Gasteiger partial charge in [0.2, 0.25) is 0 Å². The molecule has 0 aromatic heterocycles. The molecule has 1 N–H and O–H groups in total. The van der Waals surface area contributed by atoms with E-state index in [0.717, 1.165) is 11.3 Å². The molecule has 1 amide bonds. The quantitative estimate of drug-likeness (QED) is 0.469. The van der Waals surface area contributed by atoms with Crippen LogP contribution in [0.25, 0.3) is 0 Å². The van der Waals surface area contributed by atoms with Crippen molar-refractivity contribution in [2.24, 2.45) is 0 Å². The third kappa shape index (κ3) is 4.70. The number of nitro groups is 1. The monoisotopic (exact) mass is 348 g/mol. The van der Waals surface area contributed by atoms with E-state index in [2.05, 4.69) is 5.32 Å². The Morgan fingerprint density at radius 2 is 2.04 bits per heavy atom. The number of benzene rings is 2. The highest BCUT2D eigenvalue weighted by Crippen LogP contribution is 2.21. The molecule has 0 aliphatic rings. The van der Waals surface area contributed by atoms with E-state index in [1.165, 1.54) is 18.2 Å². The van der Waals surface area contributed by atoms with Gasteiger partial charge in [-0.2, -0.15) is 0 Å². The summed E-state index contributed by atoms with van der Waals surface area (Å²) in [6.45, 7) is 2.68. The molecule has 0 unspecified atom stereocenters. The standard InChI is InChI=1S/C17H17ClN2O4/c1-12-11-13(18)7-8-16(12)24-10-4-9-19-17(21)14-5-2-3-6-15(14)20(22)23/h2-3,5-8,11H,4,9-10H2,1H3,(H,19,21). The van der Waals surface area contributed by atoms with Gasteiger partial charge >= 0.3 is 0 Å². The fourth-order valence-electron chi connectivity index (χ4n) is 2.15. The normalized spacial score (nSPS) is 10.2. The number of hydrogen-bond acceptors (Lipinski definition) is 4. The van der Waals surface area contributed by atoms with Crippen molar-refractivity contribution in [3.63, 3.8) is 0 Å². The van der Waals surface area contributed by atoms with Crippen molar-refractivity contribution in [1.82, 2.24) is 5.32 Å². The number of rotatable bonds is 7. The summed E-state index contributed by atoms with van der Waals surface area (Å²) in [4.78, 5) is 22.4. The van der Waals surface area contributed by atoms with Crippen molar-refractivity contribution in [3.05, 3.63) is 68.7 Å². The van der Waals surface area contributed by atoms with Crippen LogP contribution in [0, 0.1) is 17.0 Å². The van der Waals surface area contributed by atoms with E-state index in [-0.39, 0.29) is 11.3 Å². The fraction of sp³-hybridized carbons (Fsp3) is 0.235. The predicted molar refractivity (Wildman–Crippen MR) is 91.7 cm³/mol. The summed E-state index contributed by atoms with van der Waals surface area (Å²) in [6, 6.07) is 11.2. The number of hydrogen-bond donors (Lipinski definition) is 1. The second kappa shape index (κ2) is 8.31. The van der Waals surface area contributed by atoms with E-state index in [1.807, 2.05) is 13.0 Å². The van der Waals surface area contributed by atoms with Crippen LogP contribution >= 0.6 is 11.6 Å². The van der Waals surface area contributed by atoms with Crippen molar-refractivity contribution in [1.29, 1.82) is 0 Å². The second-order valence-corrected chi connectivity index (χ2v) is 5.58. The Bertz CT molecular complexity index is 749. The Morgan fingerprint density at radius 3 is 2.75 bits per heavy atom. The molecular weight excluding hydrogens is 332 g/mol. The van der Waals surface area contributed by atoms with E-state index in [1.54, 1.807) is 18.2 Å². The first kappa shape index (κ1) is 17.7. The van der Waals surface area contributed by atoms with Gasteiger partial charge in [-0.15, -0.1) is 0 Å². The van der Waals surface area contributed by atoms with Gasteiger partial charge in [0.1, 0.15) is 11.3 Å². The van der Waals surface area contributed by atoms with E-state index in [9.17, 15) is 14.9 Å². The van der Waals surface area contributed by atoms with Crippen LogP contribution in [0.15, 0.2) is 42.5 Å². The summed E-state index contributed by atoms with van der Waals surface area (Å²) in [5, 5.41) is 14.2. The maximum absolute atomic E-state index is 12.0. The molecule has 2 aromatic carbocycles. The third-order valence-electron chi connectivity index (χ3n) is 3.35. The Morgan fingerprint density at radius 1 is 1.29 bits per heavy atom. The summed E-state index contributed by atoms with van der Waals surface area (Å²) >= 11 is 5.88. The molecule has 0 aliphatic carbocycles. The minimum absolute atomic E-state index is 0.0527. The van der Waals surface area contributed by atoms with Crippen molar-refractivity contribution >= 4 is 23.2 Å². The molecule has 2 rings (SSSR count). The molecule has 0 aliphatic heterocycles. The van der Waals surface area contributed by atoms with Gasteiger partial charge in [-0.05, 0) is 43.2 Å². The van der Waals surface area contributed by atoms with E-state index in [4.69, 9.17) is 16.3 Å². The number of amides is 1. The number of aryl methyl sites for hydroxylation is 1. The van der Waals surface area contributed by atoms with Crippen LogP contribution in [0.2, 0.25) is 5.02 Å². The average molecular weight is 349 g/mol. The zero-order chi connectivity index (χ0) is 17.5. The Hall–Kier alpha value is -2.60. The van der Waals surface area contributed by atoms with Crippen LogP contribution < -0.4 is 10.1 Å². The number of carbonyl (C=O) groups is 1. The number of carbonyl (C=O) groups excluding carboxylic acids is 1. The summed E-state index contributed by atoms with van der Waals surface area (Å²) in [7, 11) is 0. The molecule has 0 atom stereocenters. The van der Waals surface area contributed by atoms with Crippen LogP contribution in [-0.2, 0) is 0 Å². The highest BCUT2D eigenvalue weighted by Gasteiger charge is 2.18. The van der Waals surface area contributed by atoms with Gasteiger partial charge < -0.3 is 10.1 Å². The summed E-state index contributed by atoms with van der Waals surface area (Å²) < 4.78 is 5.62. The molecule has 0 fully saturated rings. The molecule has 0 radical (unpaired) electrons. The van der Waals surface area contributed by atoms with Gasteiger partial charge in [0.15, 0.2) is 0 Å². The molecule has 7 heteroatoms. The topological polar surface area (TPSA) is 81.5 Å². The molecule has 0 saturated carbocycles.